The van der Waals surface area contributed by atoms with E-state index in [1.165, 1.54) is 0 Å². The normalized spacial score (nSPS) is 11.5. The molecule has 0 aliphatic carbocycles. The van der Waals surface area contributed by atoms with Crippen LogP contribution >= 0.6 is 27.3 Å². The molecule has 2 aromatic rings. The summed E-state index contributed by atoms with van der Waals surface area (Å²) < 4.78 is 42.7. The summed E-state index contributed by atoms with van der Waals surface area (Å²) >= 11 is 3.58. The molecule has 17 heavy (non-hydrogen) atoms. The van der Waals surface area contributed by atoms with Crippen molar-refractivity contribution in [3.8, 4) is 10.9 Å². The van der Waals surface area contributed by atoms with Gasteiger partial charge in [0.1, 0.15) is 5.75 Å². The van der Waals surface area contributed by atoms with Gasteiger partial charge in [0, 0.05) is 4.47 Å². The van der Waals surface area contributed by atoms with Crippen LogP contribution in [0.15, 0.2) is 28.7 Å². The minimum atomic E-state index is -4.49. The van der Waals surface area contributed by atoms with E-state index in [4.69, 9.17) is 4.74 Å². The molecule has 1 heterocycles. The van der Waals surface area contributed by atoms with Crippen LogP contribution in [0.5, 0.6) is 10.9 Å². The number of halogens is 4. The highest BCUT2D eigenvalue weighted by molar-refractivity contribution is 9.10. The van der Waals surface area contributed by atoms with Crippen molar-refractivity contribution in [1.82, 2.24) is 10.2 Å². The first-order chi connectivity index (χ1) is 7.95. The summed E-state index contributed by atoms with van der Waals surface area (Å²) in [5.74, 6) is 0.393. The van der Waals surface area contributed by atoms with E-state index in [1.807, 2.05) is 0 Å². The predicted octanol–water partition coefficient (Wildman–Crippen LogP) is 4.11. The topological polar surface area (TPSA) is 35.0 Å². The van der Waals surface area contributed by atoms with Gasteiger partial charge in [-0.15, -0.1) is 5.10 Å². The molecule has 0 saturated heterocycles. The Hall–Kier alpha value is -1.15. The van der Waals surface area contributed by atoms with Gasteiger partial charge in [0.05, 0.1) is 0 Å². The SMILES string of the molecule is FC(F)(F)c1nnc(Oc2cccc(Br)c2)s1. The number of ether oxygens (including phenoxy) is 1. The lowest BCUT2D eigenvalue weighted by Crippen LogP contribution is -2.03. The van der Waals surface area contributed by atoms with E-state index in [2.05, 4.69) is 26.1 Å². The number of rotatable bonds is 2. The average molecular weight is 325 g/mol. The van der Waals surface area contributed by atoms with Gasteiger partial charge >= 0.3 is 6.18 Å². The van der Waals surface area contributed by atoms with Gasteiger partial charge < -0.3 is 4.74 Å². The largest absolute Gasteiger partial charge is 0.445 e. The second-order valence-corrected chi connectivity index (χ2v) is 4.79. The molecule has 0 atom stereocenters. The fourth-order valence-corrected chi connectivity index (χ4v) is 1.96. The van der Waals surface area contributed by atoms with E-state index in [0.29, 0.717) is 17.1 Å². The van der Waals surface area contributed by atoms with E-state index >= 15 is 0 Å². The molecule has 0 fully saturated rings. The molecule has 1 aromatic heterocycles. The second kappa shape index (κ2) is 4.61. The smallest absolute Gasteiger partial charge is 0.430 e. The monoisotopic (exact) mass is 324 g/mol. The van der Waals surface area contributed by atoms with Crippen LogP contribution in [0.1, 0.15) is 5.01 Å². The van der Waals surface area contributed by atoms with Crippen LogP contribution in [-0.4, -0.2) is 10.2 Å². The maximum absolute atomic E-state index is 12.2. The molecule has 0 aliphatic rings. The third kappa shape index (κ3) is 3.16. The van der Waals surface area contributed by atoms with Gasteiger partial charge in [0.2, 0.25) is 5.01 Å². The third-order valence-electron chi connectivity index (χ3n) is 1.65. The predicted molar refractivity (Wildman–Crippen MR) is 59.1 cm³/mol. The van der Waals surface area contributed by atoms with Crippen LogP contribution in [0.2, 0.25) is 0 Å². The van der Waals surface area contributed by atoms with Gasteiger partial charge in [-0.05, 0) is 18.2 Å². The quantitative estimate of drug-likeness (QED) is 0.833. The number of hydrogen-bond acceptors (Lipinski definition) is 4. The zero-order valence-electron chi connectivity index (χ0n) is 8.03. The molecule has 0 N–H and O–H groups in total. The van der Waals surface area contributed by atoms with Crippen molar-refractivity contribution >= 4 is 27.3 Å². The molecule has 1 aromatic carbocycles. The summed E-state index contributed by atoms with van der Waals surface area (Å²) in [6, 6.07) is 6.70. The zero-order valence-corrected chi connectivity index (χ0v) is 10.4. The fraction of sp³-hybridized carbons (Fsp3) is 0.111. The molecule has 2 rings (SSSR count). The van der Waals surface area contributed by atoms with Crippen molar-refractivity contribution in [1.29, 1.82) is 0 Å². The Kier molecular flexibility index (Phi) is 3.34. The molecule has 0 spiro atoms. The van der Waals surface area contributed by atoms with Crippen LogP contribution in [0, 0.1) is 0 Å². The lowest BCUT2D eigenvalue weighted by atomic mass is 10.3. The first-order valence-electron chi connectivity index (χ1n) is 4.29. The van der Waals surface area contributed by atoms with Crippen molar-refractivity contribution in [2.75, 3.05) is 0 Å². The van der Waals surface area contributed by atoms with Crippen molar-refractivity contribution in [3.63, 3.8) is 0 Å². The Morgan fingerprint density at radius 2 is 2.00 bits per heavy atom. The minimum Gasteiger partial charge on any atom is -0.430 e. The first-order valence-corrected chi connectivity index (χ1v) is 5.90. The number of aromatic nitrogens is 2. The fourth-order valence-electron chi connectivity index (χ4n) is 0.997. The molecule has 0 amide bonds. The van der Waals surface area contributed by atoms with Crippen molar-refractivity contribution in [3.05, 3.63) is 33.7 Å². The summed E-state index contributed by atoms with van der Waals surface area (Å²) in [7, 11) is 0. The molecule has 3 nitrogen and oxygen atoms in total. The van der Waals surface area contributed by atoms with E-state index < -0.39 is 11.2 Å². The van der Waals surface area contributed by atoms with Crippen molar-refractivity contribution in [2.24, 2.45) is 0 Å². The summed E-state index contributed by atoms with van der Waals surface area (Å²) in [6.07, 6.45) is -4.49. The third-order valence-corrected chi connectivity index (χ3v) is 2.99. The molecule has 0 aliphatic heterocycles. The number of hydrogen-bond donors (Lipinski definition) is 0. The summed E-state index contributed by atoms with van der Waals surface area (Å²) in [4.78, 5) is 0. The molecular formula is C9H4BrF3N2OS. The Labute approximate surface area is 106 Å². The highest BCUT2D eigenvalue weighted by atomic mass is 79.9. The van der Waals surface area contributed by atoms with Crippen LogP contribution in [0.25, 0.3) is 0 Å². The van der Waals surface area contributed by atoms with Crippen molar-refractivity contribution < 1.29 is 17.9 Å². The molecule has 0 radical (unpaired) electrons. The van der Waals surface area contributed by atoms with Gasteiger partial charge in [0.15, 0.2) is 0 Å². The van der Waals surface area contributed by atoms with Crippen molar-refractivity contribution in [2.45, 2.75) is 6.18 Å². The highest BCUT2D eigenvalue weighted by Gasteiger charge is 2.36. The number of alkyl halides is 3. The minimum absolute atomic E-state index is 0.143. The summed E-state index contributed by atoms with van der Waals surface area (Å²) in [6.45, 7) is 0. The first kappa shape index (κ1) is 12.3. The van der Waals surface area contributed by atoms with Crippen LogP contribution in [-0.2, 0) is 6.18 Å². The van der Waals surface area contributed by atoms with Crippen LogP contribution in [0.3, 0.4) is 0 Å². The molecule has 90 valence electrons. The standard InChI is InChI=1S/C9H4BrF3N2OS/c10-5-2-1-3-6(4-5)16-8-15-14-7(17-8)9(11,12)13/h1-4H. The number of nitrogens with zero attached hydrogens (tertiary/aromatic N) is 2. The van der Waals surface area contributed by atoms with E-state index in [-0.39, 0.29) is 5.19 Å². The Bertz CT molecular complexity index is 529. The molecule has 0 unspecified atom stereocenters. The Balaban J connectivity index is 2.17. The lowest BCUT2D eigenvalue weighted by molar-refractivity contribution is -0.138. The maximum Gasteiger partial charge on any atom is 0.445 e. The Morgan fingerprint density at radius 1 is 1.24 bits per heavy atom. The molecule has 8 heteroatoms. The van der Waals surface area contributed by atoms with E-state index in [0.717, 1.165) is 4.47 Å². The Morgan fingerprint density at radius 3 is 2.59 bits per heavy atom. The summed E-state index contributed by atoms with van der Waals surface area (Å²) in [5.41, 5.74) is 0. The highest BCUT2D eigenvalue weighted by Crippen LogP contribution is 2.35. The van der Waals surface area contributed by atoms with Gasteiger partial charge in [-0.1, -0.05) is 38.4 Å². The van der Waals surface area contributed by atoms with Crippen LogP contribution in [0.4, 0.5) is 13.2 Å². The molecule has 0 bridgehead atoms. The van der Waals surface area contributed by atoms with Gasteiger partial charge in [-0.3, -0.25) is 0 Å². The number of benzene rings is 1. The summed E-state index contributed by atoms with van der Waals surface area (Å²) in [5, 5.41) is 5.16. The lowest BCUT2D eigenvalue weighted by Gasteiger charge is -2.00. The van der Waals surface area contributed by atoms with Gasteiger partial charge in [-0.2, -0.15) is 13.2 Å². The molecular weight excluding hydrogens is 321 g/mol. The zero-order chi connectivity index (χ0) is 12.5. The van der Waals surface area contributed by atoms with Crippen LogP contribution < -0.4 is 4.74 Å². The van der Waals surface area contributed by atoms with E-state index in [9.17, 15) is 13.2 Å². The average Bonchev–Trinajstić information content (AvgIpc) is 2.65. The maximum atomic E-state index is 12.2. The van der Waals surface area contributed by atoms with E-state index in [1.54, 1.807) is 24.3 Å². The van der Waals surface area contributed by atoms with Gasteiger partial charge in [-0.25, -0.2) is 0 Å². The molecule has 0 saturated carbocycles. The second-order valence-electron chi connectivity index (χ2n) is 2.93. The van der Waals surface area contributed by atoms with Gasteiger partial charge in [0.25, 0.3) is 5.19 Å².